The summed E-state index contributed by atoms with van der Waals surface area (Å²) in [7, 11) is -2.61. The fraction of sp³-hybridized carbons (Fsp3) is 0.278. The van der Waals surface area contributed by atoms with Gasteiger partial charge in [-0.15, -0.1) is 0 Å². The summed E-state index contributed by atoms with van der Waals surface area (Å²) in [4.78, 5) is 12.1. The molecule has 2 aromatic rings. The molecule has 0 aliphatic rings. The van der Waals surface area contributed by atoms with Gasteiger partial charge in [-0.05, 0) is 49.7 Å². The van der Waals surface area contributed by atoms with Crippen LogP contribution in [-0.2, 0) is 14.8 Å². The molecule has 1 amide bonds. The number of nitrogens with zero attached hydrogens (tertiary/aromatic N) is 1. The standard InChI is InChI=1S/C18H21ClN2O4S/c1-4-25-16-9-8-14(19)11-17(16)26(23,24)21(3)12-18(22)20-15-7-5-6-13(2)10-15/h5-11H,4,12H2,1-3H3,(H,20,22). The lowest BCUT2D eigenvalue weighted by molar-refractivity contribution is -0.116. The molecule has 0 saturated carbocycles. The number of hydrogen-bond donors (Lipinski definition) is 1. The molecule has 8 heteroatoms. The van der Waals surface area contributed by atoms with Crippen LogP contribution in [0.15, 0.2) is 47.4 Å². The van der Waals surface area contributed by atoms with Gasteiger partial charge in [0.2, 0.25) is 15.9 Å². The summed E-state index contributed by atoms with van der Waals surface area (Å²) in [5.41, 5.74) is 1.60. The highest BCUT2D eigenvalue weighted by molar-refractivity contribution is 7.89. The number of likely N-dealkylation sites (N-methyl/N-ethyl adjacent to an activating group) is 1. The lowest BCUT2D eigenvalue weighted by atomic mass is 10.2. The van der Waals surface area contributed by atoms with Crippen molar-refractivity contribution in [3.05, 3.63) is 53.1 Å². The summed E-state index contributed by atoms with van der Waals surface area (Å²) in [6.45, 7) is 3.63. The third-order valence-electron chi connectivity index (χ3n) is 3.56. The first-order valence-corrected chi connectivity index (χ1v) is 9.81. The number of amides is 1. The zero-order valence-corrected chi connectivity index (χ0v) is 16.4. The average molecular weight is 397 g/mol. The Labute approximate surface area is 158 Å². The molecule has 0 aromatic heterocycles. The van der Waals surface area contributed by atoms with E-state index < -0.39 is 15.9 Å². The maximum Gasteiger partial charge on any atom is 0.247 e. The van der Waals surface area contributed by atoms with Crippen LogP contribution in [0, 0.1) is 6.92 Å². The van der Waals surface area contributed by atoms with Gasteiger partial charge in [-0.3, -0.25) is 4.79 Å². The molecule has 0 fully saturated rings. The van der Waals surface area contributed by atoms with Crippen LogP contribution in [0.2, 0.25) is 5.02 Å². The Morgan fingerprint density at radius 2 is 1.96 bits per heavy atom. The van der Waals surface area contributed by atoms with Gasteiger partial charge in [0.25, 0.3) is 0 Å². The quantitative estimate of drug-likeness (QED) is 0.779. The molecule has 0 aliphatic carbocycles. The first-order chi connectivity index (χ1) is 12.2. The number of sulfonamides is 1. The van der Waals surface area contributed by atoms with E-state index in [1.807, 2.05) is 19.1 Å². The topological polar surface area (TPSA) is 75.7 Å². The number of halogens is 1. The molecular weight excluding hydrogens is 376 g/mol. The minimum Gasteiger partial charge on any atom is -0.492 e. The molecule has 26 heavy (non-hydrogen) atoms. The van der Waals surface area contributed by atoms with E-state index in [9.17, 15) is 13.2 Å². The van der Waals surface area contributed by atoms with Crippen LogP contribution in [0.5, 0.6) is 5.75 Å². The van der Waals surface area contributed by atoms with Crippen LogP contribution in [0.4, 0.5) is 5.69 Å². The molecule has 0 radical (unpaired) electrons. The smallest absolute Gasteiger partial charge is 0.247 e. The van der Waals surface area contributed by atoms with Crippen molar-refractivity contribution in [2.24, 2.45) is 0 Å². The van der Waals surface area contributed by atoms with Crippen molar-refractivity contribution in [2.75, 3.05) is 25.5 Å². The third kappa shape index (κ3) is 4.97. The second kappa shape index (κ2) is 8.53. The van der Waals surface area contributed by atoms with E-state index in [0.717, 1.165) is 9.87 Å². The molecule has 0 aliphatic heterocycles. The van der Waals surface area contributed by atoms with E-state index in [2.05, 4.69) is 5.32 Å². The summed E-state index contributed by atoms with van der Waals surface area (Å²) in [6, 6.07) is 11.6. The number of aryl methyl sites for hydroxylation is 1. The van der Waals surface area contributed by atoms with Crippen molar-refractivity contribution in [1.82, 2.24) is 4.31 Å². The second-order valence-corrected chi connectivity index (χ2v) is 8.15. The molecule has 0 bridgehead atoms. The van der Waals surface area contributed by atoms with Gasteiger partial charge in [0, 0.05) is 17.8 Å². The van der Waals surface area contributed by atoms with Crippen molar-refractivity contribution < 1.29 is 17.9 Å². The van der Waals surface area contributed by atoms with Crippen molar-refractivity contribution in [2.45, 2.75) is 18.7 Å². The number of ether oxygens (including phenoxy) is 1. The molecule has 0 unspecified atom stereocenters. The molecule has 140 valence electrons. The molecule has 2 aromatic carbocycles. The predicted octanol–water partition coefficient (Wildman–Crippen LogP) is 3.31. The van der Waals surface area contributed by atoms with Crippen LogP contribution in [0.25, 0.3) is 0 Å². The van der Waals surface area contributed by atoms with Crippen LogP contribution in [-0.4, -0.2) is 38.8 Å². The minimum absolute atomic E-state index is 0.0716. The Kier molecular flexibility index (Phi) is 6.63. The molecular formula is C18H21ClN2O4S. The van der Waals surface area contributed by atoms with Gasteiger partial charge < -0.3 is 10.1 Å². The van der Waals surface area contributed by atoms with Gasteiger partial charge in [0.15, 0.2) is 0 Å². The summed E-state index contributed by atoms with van der Waals surface area (Å²) in [6.07, 6.45) is 0. The Hall–Kier alpha value is -2.09. The summed E-state index contributed by atoms with van der Waals surface area (Å²) in [5, 5.41) is 2.95. The van der Waals surface area contributed by atoms with Crippen LogP contribution < -0.4 is 10.1 Å². The zero-order chi connectivity index (χ0) is 19.3. The minimum atomic E-state index is -3.95. The van der Waals surface area contributed by atoms with Gasteiger partial charge in [0.1, 0.15) is 10.6 Å². The number of carbonyl (C=O) groups is 1. The molecule has 0 saturated heterocycles. The number of nitrogens with one attached hydrogen (secondary N) is 1. The summed E-state index contributed by atoms with van der Waals surface area (Å²) >= 11 is 5.94. The molecule has 0 spiro atoms. The Morgan fingerprint density at radius 1 is 1.23 bits per heavy atom. The highest BCUT2D eigenvalue weighted by Gasteiger charge is 2.27. The van der Waals surface area contributed by atoms with Crippen molar-refractivity contribution in [1.29, 1.82) is 0 Å². The maximum atomic E-state index is 12.8. The molecule has 0 heterocycles. The van der Waals surface area contributed by atoms with E-state index in [1.165, 1.54) is 19.2 Å². The number of rotatable bonds is 7. The second-order valence-electron chi connectivity index (χ2n) is 5.70. The Bertz CT molecular complexity index is 900. The van der Waals surface area contributed by atoms with Gasteiger partial charge in [-0.1, -0.05) is 23.7 Å². The number of benzene rings is 2. The van der Waals surface area contributed by atoms with E-state index in [4.69, 9.17) is 16.3 Å². The third-order valence-corrected chi connectivity index (χ3v) is 5.62. The summed E-state index contributed by atoms with van der Waals surface area (Å²) < 4.78 is 32.0. The fourth-order valence-electron chi connectivity index (χ4n) is 2.34. The van der Waals surface area contributed by atoms with Gasteiger partial charge in [-0.2, -0.15) is 4.31 Å². The van der Waals surface area contributed by atoms with Gasteiger partial charge in [-0.25, -0.2) is 8.42 Å². The van der Waals surface area contributed by atoms with E-state index in [1.54, 1.807) is 25.1 Å². The van der Waals surface area contributed by atoms with E-state index in [0.29, 0.717) is 12.3 Å². The maximum absolute atomic E-state index is 12.8. The van der Waals surface area contributed by atoms with Crippen LogP contribution in [0.1, 0.15) is 12.5 Å². The molecule has 6 nitrogen and oxygen atoms in total. The average Bonchev–Trinajstić information content (AvgIpc) is 2.56. The largest absolute Gasteiger partial charge is 0.492 e. The van der Waals surface area contributed by atoms with Crippen molar-refractivity contribution in [3.8, 4) is 5.75 Å². The van der Waals surface area contributed by atoms with Gasteiger partial charge >= 0.3 is 0 Å². The van der Waals surface area contributed by atoms with E-state index >= 15 is 0 Å². The fourth-order valence-corrected chi connectivity index (χ4v) is 3.85. The van der Waals surface area contributed by atoms with Crippen LogP contribution in [0.3, 0.4) is 0 Å². The van der Waals surface area contributed by atoms with E-state index in [-0.39, 0.29) is 22.2 Å². The number of anilines is 1. The number of carbonyl (C=O) groups excluding carboxylic acids is 1. The van der Waals surface area contributed by atoms with Crippen molar-refractivity contribution in [3.63, 3.8) is 0 Å². The number of hydrogen-bond acceptors (Lipinski definition) is 4. The molecule has 2 rings (SSSR count). The highest BCUT2D eigenvalue weighted by atomic mass is 35.5. The lowest BCUT2D eigenvalue weighted by Gasteiger charge is -2.19. The normalized spacial score (nSPS) is 11.4. The monoisotopic (exact) mass is 396 g/mol. The Balaban J connectivity index is 2.18. The predicted molar refractivity (Wildman–Crippen MR) is 102 cm³/mol. The zero-order valence-electron chi connectivity index (χ0n) is 14.8. The van der Waals surface area contributed by atoms with Crippen molar-refractivity contribution >= 4 is 33.2 Å². The highest BCUT2D eigenvalue weighted by Crippen LogP contribution is 2.29. The SMILES string of the molecule is CCOc1ccc(Cl)cc1S(=O)(=O)N(C)CC(=O)Nc1cccc(C)c1. The summed E-state index contributed by atoms with van der Waals surface area (Å²) in [5.74, 6) is -0.246. The first kappa shape index (κ1) is 20.2. The van der Waals surface area contributed by atoms with Crippen LogP contribution >= 0.6 is 11.6 Å². The van der Waals surface area contributed by atoms with Gasteiger partial charge in [0.05, 0.1) is 13.2 Å². The molecule has 0 atom stereocenters. The lowest BCUT2D eigenvalue weighted by Crippen LogP contribution is -2.35. The first-order valence-electron chi connectivity index (χ1n) is 7.99. The Morgan fingerprint density at radius 3 is 2.62 bits per heavy atom. The molecule has 1 N–H and O–H groups in total.